The van der Waals surface area contributed by atoms with Crippen LogP contribution in [0.1, 0.15) is 25.7 Å². The van der Waals surface area contributed by atoms with Gasteiger partial charge in [0.1, 0.15) is 0 Å². The summed E-state index contributed by atoms with van der Waals surface area (Å²) in [5, 5.41) is 0. The van der Waals surface area contributed by atoms with Gasteiger partial charge in [0.05, 0.1) is 12.0 Å². The van der Waals surface area contributed by atoms with E-state index in [2.05, 4.69) is 9.89 Å². The Morgan fingerprint density at radius 3 is 2.38 bits per heavy atom. The van der Waals surface area contributed by atoms with Crippen molar-refractivity contribution in [2.75, 3.05) is 45.2 Å². The number of nitrogens with zero attached hydrogens (tertiary/aromatic N) is 3. The number of hydrogen-bond acceptors (Lipinski definition) is 3. The number of carbonyl (C=O) groups is 1. The molecule has 1 saturated carbocycles. The molecule has 21 heavy (non-hydrogen) atoms. The lowest BCUT2D eigenvalue weighted by Gasteiger charge is -2.31. The average Bonchev–Trinajstić information content (AvgIpc) is 2.94. The number of halogens is 1. The lowest BCUT2D eigenvalue weighted by atomic mass is 9.85. The van der Waals surface area contributed by atoms with Crippen molar-refractivity contribution in [2.45, 2.75) is 25.7 Å². The first kappa shape index (κ1) is 18.9. The lowest BCUT2D eigenvalue weighted by molar-refractivity contribution is -0.138. The maximum atomic E-state index is 12.5. The molecule has 1 amide bonds. The summed E-state index contributed by atoms with van der Waals surface area (Å²) in [7, 11) is 3.66. The predicted octanol–water partition coefficient (Wildman–Crippen LogP) is 1.62. The second-order valence-electron chi connectivity index (χ2n) is 5.96. The van der Waals surface area contributed by atoms with E-state index in [-0.39, 0.29) is 35.3 Å². The molecule has 0 atom stereocenters. The highest BCUT2D eigenvalue weighted by Gasteiger charge is 2.42. The fourth-order valence-electron chi connectivity index (χ4n) is 3.09. The summed E-state index contributed by atoms with van der Waals surface area (Å²) in [4.78, 5) is 20.9. The van der Waals surface area contributed by atoms with Gasteiger partial charge in [-0.2, -0.15) is 11.8 Å². The summed E-state index contributed by atoms with van der Waals surface area (Å²) in [5.74, 6) is 3.04. The average molecular weight is 426 g/mol. The first-order valence-electron chi connectivity index (χ1n) is 7.39. The summed E-state index contributed by atoms with van der Waals surface area (Å²) < 4.78 is 0. The van der Waals surface area contributed by atoms with Gasteiger partial charge in [0.15, 0.2) is 5.96 Å². The van der Waals surface area contributed by atoms with Crippen LogP contribution in [0.4, 0.5) is 0 Å². The van der Waals surface area contributed by atoms with Crippen LogP contribution in [0, 0.1) is 5.41 Å². The van der Waals surface area contributed by atoms with Crippen LogP contribution in [-0.2, 0) is 4.79 Å². The monoisotopic (exact) mass is 426 g/mol. The number of amides is 1. The zero-order chi connectivity index (χ0) is 14.6. The van der Waals surface area contributed by atoms with Gasteiger partial charge < -0.3 is 15.5 Å². The third-order valence-electron chi connectivity index (χ3n) is 4.30. The maximum Gasteiger partial charge on any atom is 0.230 e. The molecule has 7 heteroatoms. The van der Waals surface area contributed by atoms with Crippen LogP contribution in [0.15, 0.2) is 4.99 Å². The van der Waals surface area contributed by atoms with E-state index < -0.39 is 0 Å². The second-order valence-corrected chi connectivity index (χ2v) is 7.19. The molecule has 5 nitrogen and oxygen atoms in total. The number of aliphatic imine (C=N–C) groups is 1. The molecule has 0 unspecified atom stereocenters. The summed E-state index contributed by atoms with van der Waals surface area (Å²) in [6.07, 6.45) is 4.12. The Morgan fingerprint density at radius 2 is 1.86 bits per heavy atom. The molecule has 2 rings (SSSR count). The Bertz CT molecular complexity index is 377. The van der Waals surface area contributed by atoms with Crippen molar-refractivity contribution in [2.24, 2.45) is 16.1 Å². The first-order chi connectivity index (χ1) is 9.55. The van der Waals surface area contributed by atoms with Crippen molar-refractivity contribution in [3.05, 3.63) is 0 Å². The zero-order valence-corrected chi connectivity index (χ0v) is 16.2. The summed E-state index contributed by atoms with van der Waals surface area (Å²) in [6, 6.07) is 0. The third kappa shape index (κ3) is 4.64. The molecule has 2 N–H and O–H groups in total. The molecule has 1 saturated heterocycles. The Morgan fingerprint density at radius 1 is 1.29 bits per heavy atom. The van der Waals surface area contributed by atoms with Crippen LogP contribution < -0.4 is 5.73 Å². The summed E-state index contributed by atoms with van der Waals surface area (Å²) in [6.45, 7) is 2.47. The van der Waals surface area contributed by atoms with E-state index >= 15 is 0 Å². The van der Waals surface area contributed by atoms with Crippen molar-refractivity contribution in [3.63, 3.8) is 0 Å². The molecule has 1 aliphatic heterocycles. The SMILES string of the molecule is CN(C)C(=O)C1(CN=C(N)N2CCSCC2)CCCC1.I. The van der Waals surface area contributed by atoms with Gasteiger partial charge >= 0.3 is 0 Å². The Kier molecular flexibility index (Phi) is 7.59. The van der Waals surface area contributed by atoms with E-state index in [1.165, 1.54) is 0 Å². The highest BCUT2D eigenvalue weighted by atomic mass is 127. The van der Waals surface area contributed by atoms with Crippen LogP contribution in [0.3, 0.4) is 0 Å². The molecule has 0 spiro atoms. The maximum absolute atomic E-state index is 12.5. The standard InChI is InChI=1S/C14H26N4OS.HI/c1-17(2)12(19)14(5-3-4-6-14)11-16-13(15)18-7-9-20-10-8-18;/h3-11H2,1-2H3,(H2,15,16);1H. The fraction of sp³-hybridized carbons (Fsp3) is 0.857. The number of hydrogen-bond donors (Lipinski definition) is 1. The summed E-state index contributed by atoms with van der Waals surface area (Å²) >= 11 is 1.95. The second kappa shape index (κ2) is 8.45. The van der Waals surface area contributed by atoms with Gasteiger partial charge in [-0.25, -0.2) is 0 Å². The highest BCUT2D eigenvalue weighted by molar-refractivity contribution is 14.0. The molecular formula is C14H27IN4OS. The van der Waals surface area contributed by atoms with Gasteiger partial charge in [-0.15, -0.1) is 24.0 Å². The molecule has 0 bridgehead atoms. The topological polar surface area (TPSA) is 61.9 Å². The van der Waals surface area contributed by atoms with Gasteiger partial charge in [-0.3, -0.25) is 9.79 Å². The third-order valence-corrected chi connectivity index (χ3v) is 5.24. The molecule has 0 aromatic rings. The minimum absolute atomic E-state index is 0. The van der Waals surface area contributed by atoms with E-state index in [1.54, 1.807) is 4.90 Å². The Balaban J connectivity index is 0.00000220. The molecule has 2 fully saturated rings. The predicted molar refractivity (Wildman–Crippen MR) is 100 cm³/mol. The van der Waals surface area contributed by atoms with E-state index in [9.17, 15) is 4.79 Å². The molecule has 0 aromatic heterocycles. The normalized spacial score (nSPS) is 21.8. The highest BCUT2D eigenvalue weighted by Crippen LogP contribution is 2.39. The molecule has 0 radical (unpaired) electrons. The van der Waals surface area contributed by atoms with Crippen LogP contribution in [0.25, 0.3) is 0 Å². The number of guanidine groups is 1. The number of carbonyl (C=O) groups excluding carboxylic acids is 1. The number of rotatable bonds is 3. The van der Waals surface area contributed by atoms with Crippen molar-refractivity contribution < 1.29 is 4.79 Å². The van der Waals surface area contributed by atoms with Gasteiger partial charge in [-0.05, 0) is 12.8 Å². The lowest BCUT2D eigenvalue weighted by Crippen LogP contribution is -2.45. The van der Waals surface area contributed by atoms with Gasteiger partial charge in [0.2, 0.25) is 5.91 Å². The molecule has 0 aromatic carbocycles. The number of thioether (sulfide) groups is 1. The van der Waals surface area contributed by atoms with Crippen molar-refractivity contribution in [1.82, 2.24) is 9.80 Å². The first-order valence-corrected chi connectivity index (χ1v) is 8.55. The van der Waals surface area contributed by atoms with E-state index in [0.29, 0.717) is 12.5 Å². The number of nitrogens with two attached hydrogens (primary N) is 1. The van der Waals surface area contributed by atoms with Gasteiger partial charge in [-0.1, -0.05) is 12.8 Å². The van der Waals surface area contributed by atoms with Gasteiger partial charge in [0, 0.05) is 38.7 Å². The van der Waals surface area contributed by atoms with Crippen molar-refractivity contribution >= 4 is 47.6 Å². The molecular weight excluding hydrogens is 399 g/mol. The Labute approximate surface area is 149 Å². The largest absolute Gasteiger partial charge is 0.370 e. The van der Waals surface area contributed by atoms with Crippen molar-refractivity contribution in [1.29, 1.82) is 0 Å². The van der Waals surface area contributed by atoms with Gasteiger partial charge in [0.25, 0.3) is 0 Å². The minimum atomic E-state index is -0.307. The van der Waals surface area contributed by atoms with Crippen LogP contribution in [0.2, 0.25) is 0 Å². The molecule has 1 aliphatic carbocycles. The fourth-order valence-corrected chi connectivity index (χ4v) is 3.99. The van der Waals surface area contributed by atoms with Crippen molar-refractivity contribution in [3.8, 4) is 0 Å². The molecule has 2 aliphatic rings. The van der Waals surface area contributed by atoms with Crippen LogP contribution in [-0.4, -0.2) is 66.9 Å². The van der Waals surface area contributed by atoms with E-state index in [4.69, 9.17) is 5.73 Å². The van der Waals surface area contributed by atoms with E-state index in [1.807, 2.05) is 25.9 Å². The molecule has 1 heterocycles. The van der Waals surface area contributed by atoms with Crippen LogP contribution in [0.5, 0.6) is 0 Å². The van der Waals surface area contributed by atoms with E-state index in [0.717, 1.165) is 50.3 Å². The zero-order valence-electron chi connectivity index (χ0n) is 13.0. The Hall–Kier alpha value is -0.180. The molecule has 122 valence electrons. The quantitative estimate of drug-likeness (QED) is 0.423. The van der Waals surface area contributed by atoms with Crippen LogP contribution >= 0.6 is 35.7 Å². The minimum Gasteiger partial charge on any atom is -0.370 e. The summed E-state index contributed by atoms with van der Waals surface area (Å²) in [5.41, 5.74) is 5.80. The smallest absolute Gasteiger partial charge is 0.230 e.